The van der Waals surface area contributed by atoms with Gasteiger partial charge in [-0.2, -0.15) is 0 Å². The molecule has 2 aromatic rings. The molecule has 0 atom stereocenters. The van der Waals surface area contributed by atoms with E-state index < -0.39 is 0 Å². The Morgan fingerprint density at radius 1 is 0.917 bits per heavy atom. The van der Waals surface area contributed by atoms with Gasteiger partial charge >= 0.3 is 18.9 Å². The molecule has 0 saturated carbocycles. The van der Waals surface area contributed by atoms with Crippen molar-refractivity contribution < 1.29 is 20.3 Å². The van der Waals surface area contributed by atoms with Gasteiger partial charge in [0.2, 0.25) is 0 Å². The number of halogens is 2. The Kier molecular flexibility index (Phi) is 16.9. The SMILES string of the molecule is NC/C=C/c1ccc(Cl)cc1.NCC#Cc1ccc(Cl)cc1.[AlH3].[H-].[Li+]. The number of hydrogen-bond donors (Lipinski definition) is 2. The first-order valence-corrected chi connectivity index (χ1v) is 7.48. The van der Waals surface area contributed by atoms with Gasteiger partial charge in [-0.25, -0.2) is 0 Å². The largest absolute Gasteiger partial charge is 1.00 e. The van der Waals surface area contributed by atoms with Crippen LogP contribution in [0.1, 0.15) is 12.6 Å². The molecule has 2 aromatic carbocycles. The summed E-state index contributed by atoms with van der Waals surface area (Å²) in [4.78, 5) is 0. The molecule has 0 aliphatic carbocycles. The smallest absolute Gasteiger partial charge is 1.00 e. The standard InChI is InChI=1S/C9H10ClN.C9H8ClN.Al.Li.4H/c2*10-9-5-3-8(4-6-9)2-1-7-11;;;;;;/h1-6H,7,11H2;3-6H,7,11H2;;;;;;/q;;;+1;;;;-1/b2-1+;;;;;;;. The fourth-order valence-corrected chi connectivity index (χ4v) is 1.72. The van der Waals surface area contributed by atoms with E-state index in [4.69, 9.17) is 34.7 Å². The van der Waals surface area contributed by atoms with Crippen molar-refractivity contribution in [1.82, 2.24) is 0 Å². The Bertz CT molecular complexity index is 654. The zero-order valence-corrected chi connectivity index (χ0v) is 14.6. The molecule has 0 aliphatic heterocycles. The van der Waals surface area contributed by atoms with E-state index in [2.05, 4.69) is 11.8 Å². The van der Waals surface area contributed by atoms with E-state index in [0.29, 0.717) is 13.1 Å². The molecule has 122 valence electrons. The van der Waals surface area contributed by atoms with E-state index in [0.717, 1.165) is 21.2 Å². The zero-order valence-electron chi connectivity index (χ0n) is 14.1. The van der Waals surface area contributed by atoms with Crippen molar-refractivity contribution in [2.45, 2.75) is 0 Å². The molecule has 0 aliphatic rings. The Balaban J connectivity index is -0.000000346. The Labute approximate surface area is 178 Å². The maximum Gasteiger partial charge on any atom is 1.00 e. The maximum atomic E-state index is 5.70. The molecule has 6 heteroatoms. The second-order valence-corrected chi connectivity index (χ2v) is 5.08. The number of rotatable bonds is 2. The third-order valence-corrected chi connectivity index (χ3v) is 3.00. The molecule has 0 amide bonds. The molecule has 2 nitrogen and oxygen atoms in total. The van der Waals surface area contributed by atoms with E-state index in [-0.39, 0.29) is 37.6 Å². The molecular weight excluding hydrogens is 349 g/mol. The molecule has 0 fully saturated rings. The van der Waals surface area contributed by atoms with Crippen LogP contribution in [0.3, 0.4) is 0 Å². The first kappa shape index (κ1) is 25.6. The average molecular weight is 371 g/mol. The monoisotopic (exact) mass is 370 g/mol. The quantitative estimate of drug-likeness (QED) is 0.572. The van der Waals surface area contributed by atoms with Crippen LogP contribution in [0.2, 0.25) is 10.0 Å². The molecular formula is C18H22AlCl2LiN2. The van der Waals surface area contributed by atoms with Gasteiger partial charge in [0.05, 0.1) is 6.54 Å². The van der Waals surface area contributed by atoms with Crippen LogP contribution in [-0.4, -0.2) is 30.5 Å². The minimum absolute atomic E-state index is 0. The van der Waals surface area contributed by atoms with Gasteiger partial charge in [0.15, 0.2) is 17.4 Å². The van der Waals surface area contributed by atoms with Crippen LogP contribution in [0.25, 0.3) is 6.08 Å². The van der Waals surface area contributed by atoms with Gasteiger partial charge < -0.3 is 12.9 Å². The number of benzene rings is 2. The number of nitrogens with two attached hydrogens (primary N) is 2. The normalized spacial score (nSPS) is 8.83. The van der Waals surface area contributed by atoms with Crippen LogP contribution in [0.4, 0.5) is 0 Å². The summed E-state index contributed by atoms with van der Waals surface area (Å²) >= 11 is 11.4. The van der Waals surface area contributed by atoms with Gasteiger partial charge in [0.1, 0.15) is 0 Å². The van der Waals surface area contributed by atoms with Crippen molar-refractivity contribution in [1.29, 1.82) is 0 Å². The van der Waals surface area contributed by atoms with Crippen LogP contribution >= 0.6 is 23.2 Å². The van der Waals surface area contributed by atoms with Gasteiger partial charge in [0.25, 0.3) is 0 Å². The first-order valence-electron chi connectivity index (χ1n) is 6.72. The molecule has 4 N–H and O–H groups in total. The van der Waals surface area contributed by atoms with E-state index >= 15 is 0 Å². The predicted molar refractivity (Wildman–Crippen MR) is 108 cm³/mol. The van der Waals surface area contributed by atoms with Crippen LogP contribution in [-0.2, 0) is 0 Å². The van der Waals surface area contributed by atoms with Crippen LogP contribution in [0, 0.1) is 11.8 Å². The van der Waals surface area contributed by atoms with Gasteiger partial charge in [-0.05, 0) is 42.0 Å². The number of hydrogen-bond acceptors (Lipinski definition) is 2. The average Bonchev–Trinajstić information content (AvgIpc) is 2.54. The van der Waals surface area contributed by atoms with Crippen molar-refractivity contribution in [2.24, 2.45) is 11.5 Å². The topological polar surface area (TPSA) is 52.0 Å². The zero-order chi connectivity index (χ0) is 16.2. The van der Waals surface area contributed by atoms with Gasteiger partial charge in [-0.15, -0.1) is 0 Å². The van der Waals surface area contributed by atoms with Crippen LogP contribution < -0.4 is 30.3 Å². The minimum Gasteiger partial charge on any atom is -1.00 e. The second kappa shape index (κ2) is 15.9. The Hall–Kier alpha value is -0.630. The minimum atomic E-state index is 0. The van der Waals surface area contributed by atoms with Crippen molar-refractivity contribution >= 4 is 46.6 Å². The maximum absolute atomic E-state index is 5.70. The molecule has 0 heterocycles. The van der Waals surface area contributed by atoms with E-state index in [1.807, 2.05) is 60.7 Å². The molecule has 2 rings (SSSR count). The summed E-state index contributed by atoms with van der Waals surface area (Å²) in [6.45, 7) is 0.964. The van der Waals surface area contributed by atoms with Crippen molar-refractivity contribution in [2.75, 3.05) is 13.1 Å². The summed E-state index contributed by atoms with van der Waals surface area (Å²) in [6.07, 6.45) is 3.87. The van der Waals surface area contributed by atoms with Crippen molar-refractivity contribution in [3.05, 3.63) is 75.8 Å². The van der Waals surface area contributed by atoms with Gasteiger partial charge in [-0.1, -0.05) is 59.3 Å². The van der Waals surface area contributed by atoms with Gasteiger partial charge in [-0.3, -0.25) is 0 Å². The van der Waals surface area contributed by atoms with Gasteiger partial charge in [0, 0.05) is 22.2 Å². The summed E-state index contributed by atoms with van der Waals surface area (Å²) in [5, 5.41) is 1.48. The van der Waals surface area contributed by atoms with Crippen molar-refractivity contribution in [3.8, 4) is 11.8 Å². The molecule has 0 bridgehead atoms. The summed E-state index contributed by atoms with van der Waals surface area (Å²) in [5.41, 5.74) is 12.6. The van der Waals surface area contributed by atoms with Crippen molar-refractivity contribution in [3.63, 3.8) is 0 Å². The molecule has 0 unspecified atom stereocenters. The van der Waals surface area contributed by atoms with Crippen LogP contribution in [0.15, 0.2) is 54.6 Å². The Morgan fingerprint density at radius 2 is 1.42 bits per heavy atom. The van der Waals surface area contributed by atoms with E-state index in [1.165, 1.54) is 0 Å². The fraction of sp³-hybridized carbons (Fsp3) is 0.111. The summed E-state index contributed by atoms with van der Waals surface area (Å²) in [6, 6.07) is 15.0. The predicted octanol–water partition coefficient (Wildman–Crippen LogP) is -0.105. The second-order valence-electron chi connectivity index (χ2n) is 4.20. The summed E-state index contributed by atoms with van der Waals surface area (Å²) in [5.74, 6) is 5.66. The third kappa shape index (κ3) is 11.8. The molecule has 24 heavy (non-hydrogen) atoms. The van der Waals surface area contributed by atoms with E-state index in [9.17, 15) is 0 Å². The molecule has 0 aromatic heterocycles. The summed E-state index contributed by atoms with van der Waals surface area (Å²) < 4.78 is 0. The molecule has 0 saturated heterocycles. The summed E-state index contributed by atoms with van der Waals surface area (Å²) in [7, 11) is 0. The van der Waals surface area contributed by atoms with Crippen LogP contribution in [0.5, 0.6) is 0 Å². The Morgan fingerprint density at radius 3 is 1.88 bits per heavy atom. The third-order valence-electron chi connectivity index (χ3n) is 2.50. The van der Waals surface area contributed by atoms with E-state index in [1.54, 1.807) is 0 Å². The first-order chi connectivity index (χ1) is 10.7. The molecule has 0 radical (unpaired) electrons. The fourth-order valence-electron chi connectivity index (χ4n) is 1.46. The molecule has 0 spiro atoms.